The molecule has 1 heterocycles. The molecule has 1 aromatic rings. The van der Waals surface area contributed by atoms with Crippen molar-refractivity contribution in [3.05, 3.63) is 29.8 Å². The summed E-state index contributed by atoms with van der Waals surface area (Å²) >= 11 is 0. The maximum Gasteiger partial charge on any atom is 0.251 e. The second-order valence-corrected chi connectivity index (χ2v) is 5.64. The first-order chi connectivity index (χ1) is 11.7. The molecule has 1 aliphatic rings. The Bertz CT molecular complexity index is 544. The highest BCUT2D eigenvalue weighted by molar-refractivity contribution is 5.97. The number of hydrogen-bond acceptors (Lipinski definition) is 5. The summed E-state index contributed by atoms with van der Waals surface area (Å²) in [7, 11) is 1.61. The summed E-state index contributed by atoms with van der Waals surface area (Å²) in [5, 5.41) is 8.60. The topological polar surface area (TPSA) is 88.7 Å². The molecule has 0 saturated carbocycles. The van der Waals surface area contributed by atoms with Crippen molar-refractivity contribution in [2.24, 2.45) is 0 Å². The molecular formula is C17H25N3O4. The second kappa shape index (κ2) is 10.0. The van der Waals surface area contributed by atoms with Crippen LogP contribution in [-0.2, 0) is 14.3 Å². The van der Waals surface area contributed by atoms with E-state index in [0.717, 1.165) is 19.4 Å². The van der Waals surface area contributed by atoms with Gasteiger partial charge in [-0.25, -0.2) is 0 Å². The van der Waals surface area contributed by atoms with E-state index >= 15 is 0 Å². The van der Waals surface area contributed by atoms with Crippen LogP contribution in [0, 0.1) is 0 Å². The van der Waals surface area contributed by atoms with Crippen molar-refractivity contribution in [3.63, 3.8) is 0 Å². The van der Waals surface area contributed by atoms with Crippen LogP contribution < -0.4 is 16.0 Å². The Hall–Kier alpha value is -1.96. The van der Waals surface area contributed by atoms with E-state index < -0.39 is 0 Å². The van der Waals surface area contributed by atoms with Gasteiger partial charge in [-0.3, -0.25) is 9.59 Å². The quantitative estimate of drug-likeness (QED) is 0.580. The van der Waals surface area contributed by atoms with Crippen molar-refractivity contribution in [2.45, 2.75) is 18.9 Å². The Kier molecular flexibility index (Phi) is 7.67. The highest BCUT2D eigenvalue weighted by Gasteiger charge is 2.16. The van der Waals surface area contributed by atoms with Gasteiger partial charge in [0.15, 0.2) is 0 Å². The van der Waals surface area contributed by atoms with Crippen LogP contribution >= 0.6 is 0 Å². The summed E-state index contributed by atoms with van der Waals surface area (Å²) in [6.07, 6.45) is 2.13. The van der Waals surface area contributed by atoms with Gasteiger partial charge in [-0.2, -0.15) is 0 Å². The molecule has 1 saturated heterocycles. The Balaban J connectivity index is 1.79. The number of ether oxygens (including phenoxy) is 2. The summed E-state index contributed by atoms with van der Waals surface area (Å²) in [4.78, 5) is 24.0. The molecule has 1 aliphatic heterocycles. The van der Waals surface area contributed by atoms with Crippen LogP contribution in [-0.4, -0.2) is 57.9 Å². The minimum atomic E-state index is -0.167. The number of nitrogens with one attached hydrogen (secondary N) is 3. The molecule has 7 nitrogen and oxygen atoms in total. The molecule has 0 aromatic heterocycles. The Morgan fingerprint density at radius 2 is 2.25 bits per heavy atom. The van der Waals surface area contributed by atoms with Crippen LogP contribution in [0.1, 0.15) is 23.2 Å². The largest absolute Gasteiger partial charge is 0.383 e. The third-order valence-electron chi connectivity index (χ3n) is 3.69. The van der Waals surface area contributed by atoms with E-state index in [0.29, 0.717) is 30.9 Å². The zero-order chi connectivity index (χ0) is 17.2. The molecule has 2 amide bonds. The molecule has 1 atom stereocenters. The average molecular weight is 335 g/mol. The molecule has 132 valence electrons. The summed E-state index contributed by atoms with van der Waals surface area (Å²) in [6.45, 7) is 2.63. The third kappa shape index (κ3) is 6.27. The predicted octanol–water partition coefficient (Wildman–Crippen LogP) is 0.770. The monoisotopic (exact) mass is 335 g/mol. The Morgan fingerprint density at radius 1 is 1.38 bits per heavy atom. The maximum atomic E-state index is 12.2. The van der Waals surface area contributed by atoms with E-state index in [-0.39, 0.29) is 24.5 Å². The molecule has 0 aliphatic carbocycles. The first kappa shape index (κ1) is 18.4. The van der Waals surface area contributed by atoms with E-state index in [2.05, 4.69) is 16.0 Å². The minimum absolute atomic E-state index is 0.106. The number of benzene rings is 1. The SMILES string of the molecule is COCCNCC(=O)Nc1cccc(C(=O)NCC2CCCO2)c1. The second-order valence-electron chi connectivity index (χ2n) is 5.64. The number of carbonyl (C=O) groups excluding carboxylic acids is 2. The minimum Gasteiger partial charge on any atom is -0.383 e. The summed E-state index contributed by atoms with van der Waals surface area (Å²) < 4.78 is 10.4. The highest BCUT2D eigenvalue weighted by Crippen LogP contribution is 2.12. The molecule has 7 heteroatoms. The normalized spacial score (nSPS) is 16.8. The predicted molar refractivity (Wildman–Crippen MR) is 91.1 cm³/mol. The fourth-order valence-corrected chi connectivity index (χ4v) is 2.43. The zero-order valence-corrected chi connectivity index (χ0v) is 14.0. The number of hydrogen-bond donors (Lipinski definition) is 3. The van der Waals surface area contributed by atoms with E-state index in [1.165, 1.54) is 0 Å². The summed E-state index contributed by atoms with van der Waals surface area (Å²) in [5.74, 6) is -0.331. The smallest absolute Gasteiger partial charge is 0.251 e. The van der Waals surface area contributed by atoms with Gasteiger partial charge in [0.05, 0.1) is 19.3 Å². The van der Waals surface area contributed by atoms with Crippen LogP contribution in [0.5, 0.6) is 0 Å². The number of amides is 2. The van der Waals surface area contributed by atoms with Gasteiger partial charge < -0.3 is 25.4 Å². The van der Waals surface area contributed by atoms with Crippen LogP contribution in [0.15, 0.2) is 24.3 Å². The molecule has 3 N–H and O–H groups in total. The third-order valence-corrected chi connectivity index (χ3v) is 3.69. The molecular weight excluding hydrogens is 310 g/mol. The lowest BCUT2D eigenvalue weighted by atomic mass is 10.1. The molecule has 0 radical (unpaired) electrons. The van der Waals surface area contributed by atoms with Gasteiger partial charge in [0, 0.05) is 38.1 Å². The Labute approximate surface area is 142 Å². The zero-order valence-electron chi connectivity index (χ0n) is 14.0. The standard InChI is InChI=1S/C17H25N3O4/c1-23-9-7-18-12-16(21)20-14-5-2-4-13(10-14)17(22)19-11-15-6-3-8-24-15/h2,4-5,10,15,18H,3,6-9,11-12H2,1H3,(H,19,22)(H,20,21). The number of methoxy groups -OCH3 is 1. The lowest BCUT2D eigenvalue weighted by Crippen LogP contribution is -2.32. The summed E-state index contributed by atoms with van der Waals surface area (Å²) in [6, 6.07) is 6.88. The molecule has 0 spiro atoms. The first-order valence-corrected chi connectivity index (χ1v) is 8.18. The van der Waals surface area contributed by atoms with E-state index in [1.807, 2.05) is 0 Å². The van der Waals surface area contributed by atoms with Crippen LogP contribution in [0.2, 0.25) is 0 Å². The average Bonchev–Trinajstić information content (AvgIpc) is 3.10. The van der Waals surface area contributed by atoms with Crippen molar-refractivity contribution in [1.82, 2.24) is 10.6 Å². The number of anilines is 1. The molecule has 1 unspecified atom stereocenters. The van der Waals surface area contributed by atoms with Gasteiger partial charge in [-0.1, -0.05) is 6.07 Å². The van der Waals surface area contributed by atoms with Crippen LogP contribution in [0.4, 0.5) is 5.69 Å². The van der Waals surface area contributed by atoms with Gasteiger partial charge in [0.25, 0.3) is 5.91 Å². The molecule has 2 rings (SSSR count). The van der Waals surface area contributed by atoms with Gasteiger partial charge >= 0.3 is 0 Å². The maximum absolute atomic E-state index is 12.2. The van der Waals surface area contributed by atoms with Crippen molar-refractivity contribution >= 4 is 17.5 Å². The van der Waals surface area contributed by atoms with E-state index in [9.17, 15) is 9.59 Å². The van der Waals surface area contributed by atoms with Crippen molar-refractivity contribution < 1.29 is 19.1 Å². The van der Waals surface area contributed by atoms with E-state index in [1.54, 1.807) is 31.4 Å². The fourth-order valence-electron chi connectivity index (χ4n) is 2.43. The van der Waals surface area contributed by atoms with Gasteiger partial charge in [-0.15, -0.1) is 0 Å². The lowest BCUT2D eigenvalue weighted by molar-refractivity contribution is -0.115. The van der Waals surface area contributed by atoms with Crippen LogP contribution in [0.3, 0.4) is 0 Å². The van der Waals surface area contributed by atoms with E-state index in [4.69, 9.17) is 9.47 Å². The molecule has 0 bridgehead atoms. The van der Waals surface area contributed by atoms with Crippen molar-refractivity contribution in [3.8, 4) is 0 Å². The van der Waals surface area contributed by atoms with Crippen molar-refractivity contribution in [2.75, 3.05) is 45.3 Å². The van der Waals surface area contributed by atoms with Crippen molar-refractivity contribution in [1.29, 1.82) is 0 Å². The lowest BCUT2D eigenvalue weighted by Gasteiger charge is -2.12. The first-order valence-electron chi connectivity index (χ1n) is 8.18. The van der Waals surface area contributed by atoms with Gasteiger partial charge in [0.1, 0.15) is 0 Å². The van der Waals surface area contributed by atoms with Gasteiger partial charge in [-0.05, 0) is 31.0 Å². The number of rotatable bonds is 9. The number of carbonyl (C=O) groups is 2. The molecule has 1 aromatic carbocycles. The molecule has 1 fully saturated rings. The fraction of sp³-hybridized carbons (Fsp3) is 0.529. The summed E-state index contributed by atoms with van der Waals surface area (Å²) in [5.41, 5.74) is 1.11. The molecule has 24 heavy (non-hydrogen) atoms. The van der Waals surface area contributed by atoms with Gasteiger partial charge in [0.2, 0.25) is 5.91 Å². The van der Waals surface area contributed by atoms with Crippen LogP contribution in [0.25, 0.3) is 0 Å². The Morgan fingerprint density at radius 3 is 3.00 bits per heavy atom. The highest BCUT2D eigenvalue weighted by atomic mass is 16.5.